The van der Waals surface area contributed by atoms with Gasteiger partial charge in [-0.05, 0) is 13.0 Å². The third kappa shape index (κ3) is 1.92. The second-order valence-electron chi connectivity index (χ2n) is 4.41. The Bertz CT molecular complexity index is 629. The van der Waals surface area contributed by atoms with Crippen molar-refractivity contribution in [2.75, 3.05) is 6.54 Å². The molecule has 18 heavy (non-hydrogen) atoms. The molecule has 2 aromatic rings. The van der Waals surface area contributed by atoms with Gasteiger partial charge in [0.05, 0.1) is 18.6 Å². The van der Waals surface area contributed by atoms with E-state index >= 15 is 0 Å². The summed E-state index contributed by atoms with van der Waals surface area (Å²) >= 11 is 0. The summed E-state index contributed by atoms with van der Waals surface area (Å²) in [5, 5.41) is 11.0. The van der Waals surface area contributed by atoms with Gasteiger partial charge in [-0.2, -0.15) is 0 Å². The van der Waals surface area contributed by atoms with Crippen LogP contribution in [0.3, 0.4) is 0 Å². The molecular weight excluding hydrogens is 232 g/mol. The molecule has 0 amide bonds. The van der Waals surface area contributed by atoms with E-state index in [4.69, 9.17) is 0 Å². The van der Waals surface area contributed by atoms with Crippen molar-refractivity contribution in [3.05, 3.63) is 39.8 Å². The molecule has 3 heterocycles. The number of hydrogen-bond acceptors (Lipinski definition) is 5. The fourth-order valence-electron chi connectivity index (χ4n) is 2.15. The molecule has 1 aliphatic heterocycles. The topological polar surface area (TPSA) is 77.6 Å². The number of nitrogens with one attached hydrogen (secondary N) is 1. The van der Waals surface area contributed by atoms with Crippen LogP contribution < -0.4 is 10.9 Å². The van der Waals surface area contributed by atoms with E-state index in [9.17, 15) is 4.79 Å². The lowest BCUT2D eigenvalue weighted by Crippen LogP contribution is -2.34. The Hall–Kier alpha value is -2.02. The first-order valence-electron chi connectivity index (χ1n) is 5.87. The summed E-state index contributed by atoms with van der Waals surface area (Å²) in [6, 6.07) is 0. The Kier molecular flexibility index (Phi) is 2.67. The molecule has 0 fully saturated rings. The van der Waals surface area contributed by atoms with Crippen molar-refractivity contribution in [1.29, 1.82) is 0 Å². The zero-order valence-corrected chi connectivity index (χ0v) is 10.1. The van der Waals surface area contributed by atoms with Crippen LogP contribution in [0.4, 0.5) is 0 Å². The van der Waals surface area contributed by atoms with Gasteiger partial charge in [0.25, 0.3) is 5.56 Å². The molecule has 7 heteroatoms. The molecule has 0 unspecified atom stereocenters. The van der Waals surface area contributed by atoms with Crippen LogP contribution >= 0.6 is 0 Å². The highest BCUT2D eigenvalue weighted by molar-refractivity contribution is 5.20. The van der Waals surface area contributed by atoms with Crippen LogP contribution in [0.15, 0.2) is 17.3 Å². The first-order chi connectivity index (χ1) is 8.74. The molecule has 0 aromatic carbocycles. The van der Waals surface area contributed by atoms with E-state index in [-0.39, 0.29) is 5.56 Å². The van der Waals surface area contributed by atoms with E-state index in [1.165, 1.54) is 0 Å². The SMILES string of the molecule is Cn1cc(Cn2cnc3c(c2=O)CCNC3)nn1. The number of nitrogens with zero attached hydrogens (tertiary/aromatic N) is 5. The summed E-state index contributed by atoms with van der Waals surface area (Å²) in [6.07, 6.45) is 4.12. The van der Waals surface area contributed by atoms with E-state index in [1.807, 2.05) is 0 Å². The van der Waals surface area contributed by atoms with Crippen molar-refractivity contribution >= 4 is 0 Å². The number of aryl methyl sites for hydroxylation is 1. The maximum absolute atomic E-state index is 12.3. The minimum atomic E-state index is 0.0344. The summed E-state index contributed by atoms with van der Waals surface area (Å²) in [5.41, 5.74) is 2.48. The van der Waals surface area contributed by atoms with E-state index in [0.717, 1.165) is 29.9 Å². The van der Waals surface area contributed by atoms with Crippen LogP contribution in [0.5, 0.6) is 0 Å². The minimum Gasteiger partial charge on any atom is -0.311 e. The highest BCUT2D eigenvalue weighted by Crippen LogP contribution is 2.06. The van der Waals surface area contributed by atoms with Crippen LogP contribution in [0.25, 0.3) is 0 Å². The highest BCUT2D eigenvalue weighted by atomic mass is 16.1. The fraction of sp³-hybridized carbons (Fsp3) is 0.455. The standard InChI is InChI=1S/C11H14N6O/c1-16-5-8(14-15-16)6-17-7-13-10-4-12-3-2-9(10)11(17)18/h5,7,12H,2-4,6H2,1H3. The molecule has 1 N–H and O–H groups in total. The number of hydrogen-bond donors (Lipinski definition) is 1. The molecule has 0 atom stereocenters. The number of aromatic nitrogens is 5. The van der Waals surface area contributed by atoms with Gasteiger partial charge in [0.15, 0.2) is 0 Å². The molecular formula is C11H14N6O. The smallest absolute Gasteiger partial charge is 0.257 e. The Labute approximate surface area is 103 Å². The second-order valence-corrected chi connectivity index (χ2v) is 4.41. The summed E-state index contributed by atoms with van der Waals surface area (Å²) in [4.78, 5) is 16.6. The zero-order valence-electron chi connectivity index (χ0n) is 10.1. The summed E-state index contributed by atoms with van der Waals surface area (Å²) in [6.45, 7) is 1.93. The Morgan fingerprint density at radius 1 is 1.50 bits per heavy atom. The molecule has 0 saturated carbocycles. The van der Waals surface area contributed by atoms with Gasteiger partial charge in [0, 0.05) is 25.4 Å². The maximum Gasteiger partial charge on any atom is 0.257 e. The number of fused-ring (bicyclic) bond motifs is 1. The minimum absolute atomic E-state index is 0.0344. The lowest BCUT2D eigenvalue weighted by molar-refractivity contribution is 0.594. The quantitative estimate of drug-likeness (QED) is 0.740. The number of rotatable bonds is 2. The normalized spacial score (nSPS) is 14.5. The predicted molar refractivity (Wildman–Crippen MR) is 64.0 cm³/mol. The Morgan fingerprint density at radius 2 is 2.39 bits per heavy atom. The van der Waals surface area contributed by atoms with Crippen LogP contribution in [0.1, 0.15) is 17.0 Å². The largest absolute Gasteiger partial charge is 0.311 e. The molecule has 0 spiro atoms. The highest BCUT2D eigenvalue weighted by Gasteiger charge is 2.15. The molecule has 94 valence electrons. The zero-order chi connectivity index (χ0) is 12.5. The first-order valence-corrected chi connectivity index (χ1v) is 5.87. The second kappa shape index (κ2) is 4.34. The average molecular weight is 246 g/mol. The van der Waals surface area contributed by atoms with Crippen molar-refractivity contribution in [3.63, 3.8) is 0 Å². The summed E-state index contributed by atoms with van der Waals surface area (Å²) in [7, 11) is 1.80. The van der Waals surface area contributed by atoms with Gasteiger partial charge in [-0.25, -0.2) is 4.98 Å². The van der Waals surface area contributed by atoms with Gasteiger partial charge < -0.3 is 5.32 Å². The monoisotopic (exact) mass is 246 g/mol. The summed E-state index contributed by atoms with van der Waals surface area (Å²) in [5.74, 6) is 0. The lowest BCUT2D eigenvalue weighted by Gasteiger charge is -2.16. The molecule has 3 rings (SSSR count). The molecule has 2 aromatic heterocycles. The van der Waals surface area contributed by atoms with Gasteiger partial charge in [-0.3, -0.25) is 14.0 Å². The predicted octanol–water partition coefficient (Wildman–Crippen LogP) is -0.934. The van der Waals surface area contributed by atoms with E-state index in [2.05, 4.69) is 20.6 Å². The molecule has 0 saturated heterocycles. The van der Waals surface area contributed by atoms with E-state index in [0.29, 0.717) is 13.1 Å². The third-order valence-corrected chi connectivity index (χ3v) is 3.05. The average Bonchev–Trinajstić information content (AvgIpc) is 2.79. The van der Waals surface area contributed by atoms with Crippen LogP contribution in [0.2, 0.25) is 0 Å². The molecule has 0 aliphatic carbocycles. The van der Waals surface area contributed by atoms with Crippen molar-refractivity contribution in [3.8, 4) is 0 Å². The van der Waals surface area contributed by atoms with E-state index in [1.54, 1.807) is 28.8 Å². The van der Waals surface area contributed by atoms with Crippen LogP contribution in [0, 0.1) is 0 Å². The van der Waals surface area contributed by atoms with E-state index < -0.39 is 0 Å². The van der Waals surface area contributed by atoms with Gasteiger partial charge >= 0.3 is 0 Å². The first kappa shape index (κ1) is 11.1. The van der Waals surface area contributed by atoms with Crippen LogP contribution in [-0.4, -0.2) is 31.1 Å². The molecule has 1 aliphatic rings. The van der Waals surface area contributed by atoms with Gasteiger partial charge in [-0.15, -0.1) is 5.10 Å². The Morgan fingerprint density at radius 3 is 3.17 bits per heavy atom. The van der Waals surface area contributed by atoms with Crippen molar-refractivity contribution in [1.82, 2.24) is 29.9 Å². The van der Waals surface area contributed by atoms with Crippen molar-refractivity contribution in [2.45, 2.75) is 19.5 Å². The molecule has 0 bridgehead atoms. The maximum atomic E-state index is 12.3. The summed E-state index contributed by atoms with van der Waals surface area (Å²) < 4.78 is 3.21. The van der Waals surface area contributed by atoms with Gasteiger partial charge in [0.1, 0.15) is 5.69 Å². The fourth-order valence-corrected chi connectivity index (χ4v) is 2.15. The van der Waals surface area contributed by atoms with Crippen LogP contribution in [-0.2, 0) is 26.6 Å². The molecule has 7 nitrogen and oxygen atoms in total. The molecule has 0 radical (unpaired) electrons. The van der Waals surface area contributed by atoms with Gasteiger partial charge in [0.2, 0.25) is 0 Å². The Balaban J connectivity index is 1.96. The van der Waals surface area contributed by atoms with Crippen molar-refractivity contribution in [2.24, 2.45) is 7.05 Å². The van der Waals surface area contributed by atoms with Gasteiger partial charge in [-0.1, -0.05) is 5.21 Å². The van der Waals surface area contributed by atoms with Crippen molar-refractivity contribution < 1.29 is 0 Å². The lowest BCUT2D eigenvalue weighted by atomic mass is 10.1. The third-order valence-electron chi connectivity index (χ3n) is 3.05.